The molecule has 2 fully saturated rings. The molecule has 0 bridgehead atoms. The minimum Gasteiger partial charge on any atom is -0.369 e. The molecule has 2 aliphatic carbocycles. The standard InChI is InChI=1S/C28H35N7O4S/c1-30-15-18-4-2-3-5-22(18)35-23-12-13-31-28(37)25(23)27(33-35)32-20-8-11-24-19(14-20)16-34(40(24,38)39)21-9-6-17(7-10-21)26(29)36/h8,11-15,17-18,21-22H,2-7,9-10,16H2,1H3,(H2,29,36)(H,31,37)(H,32,33)/b30-15-/t17-,18-,21-,22+/m1/s1. The Bertz CT molecular complexity index is 1640. The summed E-state index contributed by atoms with van der Waals surface area (Å²) >= 11 is 0. The third-order valence-corrected chi connectivity index (χ3v) is 10.8. The Balaban J connectivity index is 1.30. The molecular weight excluding hydrogens is 530 g/mol. The topological polar surface area (TPSA) is 156 Å². The van der Waals surface area contributed by atoms with Crippen molar-refractivity contribution in [3.05, 3.63) is 46.4 Å². The van der Waals surface area contributed by atoms with Crippen molar-refractivity contribution in [1.82, 2.24) is 19.1 Å². The number of hydrogen-bond acceptors (Lipinski definition) is 7. The molecular formula is C28H35N7O4S. The first kappa shape index (κ1) is 26.7. The van der Waals surface area contributed by atoms with Crippen LogP contribution in [0.2, 0.25) is 0 Å². The molecule has 0 unspecified atom stereocenters. The molecule has 1 aromatic carbocycles. The van der Waals surface area contributed by atoms with Gasteiger partial charge in [0.1, 0.15) is 5.39 Å². The SMILES string of the molecule is C/N=C\[C@H]1CCCC[C@@H]1n1nc(Nc2ccc3c(c2)CN([C@H]2CC[C@H](C(N)=O)CC2)S3(=O)=O)c2c(=O)[nH]ccc21. The van der Waals surface area contributed by atoms with Crippen LogP contribution >= 0.6 is 0 Å². The van der Waals surface area contributed by atoms with Gasteiger partial charge in [-0.1, -0.05) is 12.8 Å². The van der Waals surface area contributed by atoms with Crippen LogP contribution in [0.4, 0.5) is 11.5 Å². The van der Waals surface area contributed by atoms with Gasteiger partial charge in [0.05, 0.1) is 16.5 Å². The minimum atomic E-state index is -3.63. The molecule has 2 saturated carbocycles. The van der Waals surface area contributed by atoms with Crippen LogP contribution in [-0.4, -0.2) is 52.7 Å². The number of rotatable bonds is 6. The number of nitrogens with one attached hydrogen (secondary N) is 2. The summed E-state index contributed by atoms with van der Waals surface area (Å²) in [5.74, 6) is 0.184. The third-order valence-electron chi connectivity index (χ3n) is 8.81. The number of anilines is 2. The summed E-state index contributed by atoms with van der Waals surface area (Å²) in [6, 6.07) is 7.00. The monoisotopic (exact) mass is 565 g/mol. The predicted molar refractivity (Wildman–Crippen MR) is 153 cm³/mol. The summed E-state index contributed by atoms with van der Waals surface area (Å²) in [6.07, 6.45) is 10.3. The van der Waals surface area contributed by atoms with Gasteiger partial charge in [0.25, 0.3) is 5.56 Å². The molecule has 3 heterocycles. The maximum atomic E-state index is 13.4. The lowest BCUT2D eigenvalue weighted by atomic mass is 9.85. The van der Waals surface area contributed by atoms with Gasteiger partial charge in [-0.05, 0) is 68.4 Å². The molecule has 3 aromatic rings. The van der Waals surface area contributed by atoms with Crippen LogP contribution in [0.5, 0.6) is 0 Å². The molecule has 6 rings (SSSR count). The van der Waals surface area contributed by atoms with Gasteiger partial charge >= 0.3 is 0 Å². The van der Waals surface area contributed by atoms with E-state index in [1.807, 2.05) is 23.0 Å². The van der Waals surface area contributed by atoms with Gasteiger partial charge in [0, 0.05) is 49.6 Å². The number of carbonyl (C=O) groups excluding carboxylic acids is 1. The maximum Gasteiger partial charge on any atom is 0.261 e. The van der Waals surface area contributed by atoms with E-state index in [2.05, 4.69) is 15.3 Å². The minimum absolute atomic E-state index is 0.0978. The largest absolute Gasteiger partial charge is 0.369 e. The van der Waals surface area contributed by atoms with Crippen LogP contribution in [0.15, 0.2) is 45.1 Å². The number of aromatic nitrogens is 3. The highest BCUT2D eigenvalue weighted by molar-refractivity contribution is 7.89. The summed E-state index contributed by atoms with van der Waals surface area (Å²) in [6.45, 7) is 0.273. The molecule has 0 radical (unpaired) electrons. The van der Waals surface area contributed by atoms with E-state index in [1.165, 1.54) is 0 Å². The predicted octanol–water partition coefficient (Wildman–Crippen LogP) is 3.45. The van der Waals surface area contributed by atoms with Gasteiger partial charge in [-0.15, -0.1) is 0 Å². The van der Waals surface area contributed by atoms with Gasteiger partial charge in [-0.2, -0.15) is 9.40 Å². The van der Waals surface area contributed by atoms with E-state index in [0.29, 0.717) is 53.0 Å². The number of benzene rings is 1. The average Bonchev–Trinajstić information content (AvgIpc) is 3.44. The van der Waals surface area contributed by atoms with E-state index in [9.17, 15) is 18.0 Å². The van der Waals surface area contributed by atoms with Crippen LogP contribution in [-0.2, 0) is 21.4 Å². The van der Waals surface area contributed by atoms with Crippen LogP contribution in [0, 0.1) is 11.8 Å². The Kier molecular flexibility index (Phi) is 6.99. The molecule has 40 heavy (non-hydrogen) atoms. The van der Waals surface area contributed by atoms with Crippen LogP contribution < -0.4 is 16.6 Å². The molecule has 4 N–H and O–H groups in total. The Morgan fingerprint density at radius 3 is 2.67 bits per heavy atom. The molecule has 0 saturated heterocycles. The maximum absolute atomic E-state index is 13.4. The number of sulfonamides is 1. The van der Waals surface area contributed by atoms with Crippen LogP contribution in [0.25, 0.3) is 10.9 Å². The normalized spacial score (nSPS) is 26.7. The van der Waals surface area contributed by atoms with Crippen LogP contribution in [0.3, 0.4) is 0 Å². The molecule has 1 amide bonds. The summed E-state index contributed by atoms with van der Waals surface area (Å²) in [4.78, 5) is 31.9. The van der Waals surface area contributed by atoms with E-state index in [4.69, 9.17) is 10.8 Å². The van der Waals surface area contributed by atoms with Gasteiger partial charge in [-0.3, -0.25) is 14.3 Å². The summed E-state index contributed by atoms with van der Waals surface area (Å²) < 4.78 is 30.3. The zero-order valence-electron chi connectivity index (χ0n) is 22.5. The number of H-pyrrole nitrogens is 1. The number of nitrogens with two attached hydrogens (primary N) is 1. The molecule has 212 valence electrons. The summed E-state index contributed by atoms with van der Waals surface area (Å²) in [5.41, 5.74) is 7.36. The number of fused-ring (bicyclic) bond motifs is 2. The highest BCUT2D eigenvalue weighted by atomic mass is 32.2. The Hall–Kier alpha value is -3.51. The van der Waals surface area contributed by atoms with Crippen molar-refractivity contribution in [3.8, 4) is 0 Å². The van der Waals surface area contributed by atoms with Crippen molar-refractivity contribution in [2.24, 2.45) is 22.6 Å². The first-order valence-corrected chi connectivity index (χ1v) is 15.4. The Morgan fingerprint density at radius 2 is 1.93 bits per heavy atom. The van der Waals surface area contributed by atoms with E-state index >= 15 is 0 Å². The number of hydrogen-bond donors (Lipinski definition) is 3. The van der Waals surface area contributed by atoms with Gasteiger partial charge in [0.2, 0.25) is 15.9 Å². The van der Waals surface area contributed by atoms with Crippen molar-refractivity contribution in [2.45, 2.75) is 74.9 Å². The van der Waals surface area contributed by atoms with E-state index in [1.54, 1.807) is 29.7 Å². The van der Waals surface area contributed by atoms with Crippen molar-refractivity contribution < 1.29 is 13.2 Å². The highest BCUT2D eigenvalue weighted by Gasteiger charge is 2.41. The Morgan fingerprint density at radius 1 is 1.15 bits per heavy atom. The molecule has 0 spiro atoms. The quantitative estimate of drug-likeness (QED) is 0.389. The van der Waals surface area contributed by atoms with Gasteiger partial charge in [0.15, 0.2) is 5.82 Å². The molecule has 3 aliphatic rings. The fourth-order valence-corrected chi connectivity index (χ4v) is 8.63. The number of primary amides is 1. The highest BCUT2D eigenvalue weighted by Crippen LogP contribution is 2.40. The number of aromatic amines is 1. The second-order valence-corrected chi connectivity index (χ2v) is 13.0. The van der Waals surface area contributed by atoms with Crippen molar-refractivity contribution >= 4 is 44.6 Å². The molecule has 11 nitrogen and oxygen atoms in total. The van der Waals surface area contributed by atoms with Gasteiger partial charge in [-0.25, -0.2) is 8.42 Å². The van der Waals surface area contributed by atoms with Gasteiger partial charge < -0.3 is 21.0 Å². The third kappa shape index (κ3) is 4.62. The number of pyridine rings is 1. The lowest BCUT2D eigenvalue weighted by Crippen LogP contribution is -2.40. The molecule has 2 aromatic heterocycles. The average molecular weight is 566 g/mol. The number of amides is 1. The fourth-order valence-electron chi connectivity index (χ4n) is 6.77. The molecule has 2 atom stereocenters. The molecule has 12 heteroatoms. The smallest absolute Gasteiger partial charge is 0.261 e. The lowest BCUT2D eigenvalue weighted by Gasteiger charge is -2.32. The van der Waals surface area contributed by atoms with Crippen molar-refractivity contribution in [1.29, 1.82) is 0 Å². The summed E-state index contributed by atoms with van der Waals surface area (Å²) in [5, 5.41) is 8.68. The first-order valence-electron chi connectivity index (χ1n) is 14.0. The number of aliphatic imine (C=N–C) groups is 1. The van der Waals surface area contributed by atoms with E-state index in [0.717, 1.165) is 31.2 Å². The first-order chi connectivity index (χ1) is 19.3. The number of carbonyl (C=O) groups is 1. The number of nitrogens with zero attached hydrogens (tertiary/aromatic N) is 4. The van der Waals surface area contributed by atoms with Crippen LogP contribution in [0.1, 0.15) is 63.0 Å². The molecule has 1 aliphatic heterocycles. The van der Waals surface area contributed by atoms with Crippen molar-refractivity contribution in [3.63, 3.8) is 0 Å². The zero-order chi connectivity index (χ0) is 28.0. The zero-order valence-corrected chi connectivity index (χ0v) is 23.4. The van der Waals surface area contributed by atoms with Crippen molar-refractivity contribution in [2.75, 3.05) is 12.4 Å². The second kappa shape index (κ2) is 10.5. The summed E-state index contributed by atoms with van der Waals surface area (Å²) in [7, 11) is -1.85. The Labute approximate surface area is 232 Å². The van der Waals surface area contributed by atoms with E-state index in [-0.39, 0.29) is 41.9 Å². The lowest BCUT2D eigenvalue weighted by molar-refractivity contribution is -0.122. The van der Waals surface area contributed by atoms with E-state index < -0.39 is 10.0 Å². The fraction of sp³-hybridized carbons (Fsp3) is 0.500. The second-order valence-electron chi connectivity index (χ2n) is 11.2.